The van der Waals surface area contributed by atoms with Crippen LogP contribution in [0.2, 0.25) is 5.02 Å². The molecule has 0 atom stereocenters. The first-order valence-electron chi connectivity index (χ1n) is 6.47. The molecule has 0 saturated carbocycles. The molecule has 2 N–H and O–H groups in total. The van der Waals surface area contributed by atoms with Gasteiger partial charge in [-0.05, 0) is 24.6 Å². The average Bonchev–Trinajstić information content (AvgIpc) is 2.39. The van der Waals surface area contributed by atoms with E-state index in [1.165, 1.54) is 4.90 Å². The van der Waals surface area contributed by atoms with Crippen molar-refractivity contribution >= 4 is 34.8 Å². The molecular formula is C14H20ClN3O2. The van der Waals surface area contributed by atoms with Crippen LogP contribution in [-0.2, 0) is 9.59 Å². The third-order valence-corrected chi connectivity index (χ3v) is 2.99. The van der Waals surface area contributed by atoms with E-state index in [-0.39, 0.29) is 18.4 Å². The van der Waals surface area contributed by atoms with Crippen molar-refractivity contribution in [2.24, 2.45) is 0 Å². The van der Waals surface area contributed by atoms with E-state index in [0.29, 0.717) is 22.8 Å². The number of rotatable bonds is 6. The Morgan fingerprint density at radius 3 is 2.60 bits per heavy atom. The molecule has 1 aromatic carbocycles. The molecule has 0 aliphatic carbocycles. The van der Waals surface area contributed by atoms with Gasteiger partial charge in [0.1, 0.15) is 0 Å². The molecule has 6 heteroatoms. The molecule has 1 rings (SSSR count). The van der Waals surface area contributed by atoms with Gasteiger partial charge in [0, 0.05) is 26.2 Å². The number of hydrogen-bond donors (Lipinski definition) is 2. The third-order valence-electron chi connectivity index (χ3n) is 2.66. The van der Waals surface area contributed by atoms with E-state index in [9.17, 15) is 9.59 Å². The van der Waals surface area contributed by atoms with Gasteiger partial charge in [-0.15, -0.1) is 0 Å². The number of nitrogens with one attached hydrogen (secondary N) is 2. The van der Waals surface area contributed by atoms with Crippen LogP contribution >= 0.6 is 11.6 Å². The van der Waals surface area contributed by atoms with Gasteiger partial charge in [-0.3, -0.25) is 9.59 Å². The van der Waals surface area contributed by atoms with E-state index in [0.717, 1.165) is 6.42 Å². The Morgan fingerprint density at radius 1 is 1.30 bits per heavy atom. The quantitative estimate of drug-likeness (QED) is 0.848. The zero-order chi connectivity index (χ0) is 15.1. The van der Waals surface area contributed by atoms with Crippen LogP contribution in [0, 0.1) is 0 Å². The summed E-state index contributed by atoms with van der Waals surface area (Å²) in [5.74, 6) is -0.0911. The standard InChI is InChI=1S/C14H20ClN3O2/c1-4-5-13(19)17-10-6-7-11(15)12(8-10)16-9-14(20)18(2)3/h6-8,16H,4-5,9H2,1-3H3,(H,17,19). The molecule has 2 amide bonds. The van der Waals surface area contributed by atoms with Crippen LogP contribution < -0.4 is 10.6 Å². The van der Waals surface area contributed by atoms with E-state index in [2.05, 4.69) is 10.6 Å². The van der Waals surface area contributed by atoms with Crippen molar-refractivity contribution in [1.29, 1.82) is 0 Å². The highest BCUT2D eigenvalue weighted by Gasteiger charge is 2.08. The monoisotopic (exact) mass is 297 g/mol. The Hall–Kier alpha value is -1.75. The highest BCUT2D eigenvalue weighted by molar-refractivity contribution is 6.33. The molecule has 0 unspecified atom stereocenters. The first-order chi connectivity index (χ1) is 9.43. The number of carbonyl (C=O) groups excluding carboxylic acids is 2. The summed E-state index contributed by atoms with van der Waals surface area (Å²) in [5.41, 5.74) is 1.28. The first-order valence-corrected chi connectivity index (χ1v) is 6.85. The lowest BCUT2D eigenvalue weighted by Crippen LogP contribution is -2.28. The van der Waals surface area contributed by atoms with Gasteiger partial charge in [0.25, 0.3) is 0 Å². The molecule has 0 radical (unpaired) electrons. The van der Waals surface area contributed by atoms with Gasteiger partial charge in [-0.1, -0.05) is 18.5 Å². The molecule has 5 nitrogen and oxygen atoms in total. The second-order valence-electron chi connectivity index (χ2n) is 4.63. The molecule has 0 heterocycles. The summed E-state index contributed by atoms with van der Waals surface area (Å²) in [6, 6.07) is 5.14. The van der Waals surface area contributed by atoms with Gasteiger partial charge >= 0.3 is 0 Å². The normalized spacial score (nSPS) is 10.0. The summed E-state index contributed by atoms with van der Waals surface area (Å²) in [7, 11) is 3.38. The van der Waals surface area contributed by atoms with Gasteiger partial charge in [0.2, 0.25) is 11.8 Å². The average molecular weight is 298 g/mol. The summed E-state index contributed by atoms with van der Waals surface area (Å²) >= 11 is 6.06. The van der Waals surface area contributed by atoms with Crippen molar-refractivity contribution in [2.75, 3.05) is 31.3 Å². The minimum Gasteiger partial charge on any atom is -0.375 e. The van der Waals surface area contributed by atoms with E-state index in [1.807, 2.05) is 6.92 Å². The van der Waals surface area contributed by atoms with E-state index in [4.69, 9.17) is 11.6 Å². The largest absolute Gasteiger partial charge is 0.375 e. The predicted molar refractivity (Wildman–Crippen MR) is 82.2 cm³/mol. The molecular weight excluding hydrogens is 278 g/mol. The second kappa shape index (κ2) is 7.75. The summed E-state index contributed by atoms with van der Waals surface area (Å²) in [5, 5.41) is 6.26. The van der Waals surface area contributed by atoms with Crippen LogP contribution in [0.3, 0.4) is 0 Å². The molecule has 110 valence electrons. The minimum absolute atomic E-state index is 0.0369. The summed E-state index contributed by atoms with van der Waals surface area (Å²) in [6.07, 6.45) is 1.27. The molecule has 0 fully saturated rings. The molecule has 0 saturated heterocycles. The predicted octanol–water partition coefficient (Wildman–Crippen LogP) is 2.58. The molecule has 0 aliphatic heterocycles. The fourth-order valence-corrected chi connectivity index (χ4v) is 1.70. The summed E-state index contributed by atoms with van der Waals surface area (Å²) in [6.45, 7) is 2.10. The zero-order valence-corrected chi connectivity index (χ0v) is 12.8. The maximum Gasteiger partial charge on any atom is 0.241 e. The Morgan fingerprint density at radius 2 is 2.00 bits per heavy atom. The molecule has 0 spiro atoms. The highest BCUT2D eigenvalue weighted by atomic mass is 35.5. The lowest BCUT2D eigenvalue weighted by Gasteiger charge is -2.14. The molecule has 0 bridgehead atoms. The zero-order valence-electron chi connectivity index (χ0n) is 12.0. The number of likely N-dealkylation sites (N-methyl/N-ethyl adjacent to an activating group) is 1. The number of amides is 2. The SMILES string of the molecule is CCCC(=O)Nc1ccc(Cl)c(NCC(=O)N(C)C)c1. The first kappa shape index (κ1) is 16.3. The Bertz CT molecular complexity index is 489. The van der Waals surface area contributed by atoms with Crippen molar-refractivity contribution < 1.29 is 9.59 Å². The Balaban J connectivity index is 2.71. The lowest BCUT2D eigenvalue weighted by molar-refractivity contribution is -0.126. The fraction of sp³-hybridized carbons (Fsp3) is 0.429. The maximum absolute atomic E-state index is 11.5. The van der Waals surface area contributed by atoms with Crippen molar-refractivity contribution in [3.63, 3.8) is 0 Å². The molecule has 0 aliphatic rings. The summed E-state index contributed by atoms with van der Waals surface area (Å²) < 4.78 is 0. The van der Waals surface area contributed by atoms with Gasteiger partial charge in [0.15, 0.2) is 0 Å². The third kappa shape index (κ3) is 5.09. The van der Waals surface area contributed by atoms with Crippen molar-refractivity contribution in [2.45, 2.75) is 19.8 Å². The van der Waals surface area contributed by atoms with E-state index >= 15 is 0 Å². The van der Waals surface area contributed by atoms with Gasteiger partial charge < -0.3 is 15.5 Å². The molecule has 20 heavy (non-hydrogen) atoms. The topological polar surface area (TPSA) is 61.4 Å². The van der Waals surface area contributed by atoms with Crippen LogP contribution in [0.1, 0.15) is 19.8 Å². The number of halogens is 1. The smallest absolute Gasteiger partial charge is 0.241 e. The molecule has 1 aromatic rings. The number of anilines is 2. The van der Waals surface area contributed by atoms with Crippen LogP contribution in [0.5, 0.6) is 0 Å². The van der Waals surface area contributed by atoms with Gasteiger partial charge in [-0.25, -0.2) is 0 Å². The minimum atomic E-state index is -0.0542. The van der Waals surface area contributed by atoms with Gasteiger partial charge in [0.05, 0.1) is 17.3 Å². The van der Waals surface area contributed by atoms with E-state index in [1.54, 1.807) is 32.3 Å². The van der Waals surface area contributed by atoms with E-state index < -0.39 is 0 Å². The summed E-state index contributed by atoms with van der Waals surface area (Å²) in [4.78, 5) is 24.6. The van der Waals surface area contributed by atoms with Crippen molar-refractivity contribution in [3.8, 4) is 0 Å². The maximum atomic E-state index is 11.5. The van der Waals surface area contributed by atoms with Crippen LogP contribution in [0.25, 0.3) is 0 Å². The second-order valence-corrected chi connectivity index (χ2v) is 5.04. The van der Waals surface area contributed by atoms with Crippen LogP contribution in [-0.4, -0.2) is 37.4 Å². The van der Waals surface area contributed by atoms with Crippen LogP contribution in [0.4, 0.5) is 11.4 Å². The number of nitrogens with zero attached hydrogens (tertiary/aromatic N) is 1. The lowest BCUT2D eigenvalue weighted by atomic mass is 10.2. The Kier molecular flexibility index (Phi) is 6.31. The fourth-order valence-electron chi connectivity index (χ4n) is 1.52. The van der Waals surface area contributed by atoms with Crippen molar-refractivity contribution in [1.82, 2.24) is 4.90 Å². The number of carbonyl (C=O) groups is 2. The van der Waals surface area contributed by atoms with Crippen molar-refractivity contribution in [3.05, 3.63) is 23.2 Å². The number of hydrogen-bond acceptors (Lipinski definition) is 3. The molecule has 0 aromatic heterocycles. The Labute approximate surface area is 124 Å². The van der Waals surface area contributed by atoms with Crippen LogP contribution in [0.15, 0.2) is 18.2 Å². The number of benzene rings is 1. The van der Waals surface area contributed by atoms with Gasteiger partial charge in [-0.2, -0.15) is 0 Å². The highest BCUT2D eigenvalue weighted by Crippen LogP contribution is 2.25.